The minimum absolute atomic E-state index is 0.0671. The second-order valence-corrected chi connectivity index (χ2v) is 12.2. The van der Waals surface area contributed by atoms with Gasteiger partial charge in [0.25, 0.3) is 0 Å². The van der Waals surface area contributed by atoms with E-state index in [0.29, 0.717) is 42.2 Å². The fourth-order valence-corrected chi connectivity index (χ4v) is 7.14. The molecule has 4 heterocycles. The lowest BCUT2D eigenvalue weighted by molar-refractivity contribution is 0.255. The number of aromatic nitrogens is 4. The third-order valence-corrected chi connectivity index (χ3v) is 9.62. The molecule has 1 aliphatic heterocycles. The molecule has 0 saturated carbocycles. The highest BCUT2D eigenvalue weighted by Crippen LogP contribution is 2.28. The lowest BCUT2D eigenvalue weighted by Gasteiger charge is -2.34. The van der Waals surface area contributed by atoms with Crippen molar-refractivity contribution in [2.45, 2.75) is 36.9 Å². The number of piperidine rings is 1. The van der Waals surface area contributed by atoms with Gasteiger partial charge in [0.05, 0.1) is 10.6 Å². The van der Waals surface area contributed by atoms with E-state index in [1.165, 1.54) is 4.57 Å². The summed E-state index contributed by atoms with van der Waals surface area (Å²) in [6, 6.07) is 20.1. The van der Waals surface area contributed by atoms with Gasteiger partial charge >= 0.3 is 5.69 Å². The first-order valence-corrected chi connectivity index (χ1v) is 15.2. The van der Waals surface area contributed by atoms with Crippen LogP contribution in [0.15, 0.2) is 95.0 Å². The maximum Gasteiger partial charge on any atom is 0.354 e. The number of nitrogens with two attached hydrogens (primary N) is 1. The number of H-pyrrole nitrogens is 1. The van der Waals surface area contributed by atoms with Crippen molar-refractivity contribution in [1.82, 2.24) is 28.7 Å². The van der Waals surface area contributed by atoms with Crippen molar-refractivity contribution in [1.29, 1.82) is 0 Å². The molecule has 10 nitrogen and oxygen atoms in total. The van der Waals surface area contributed by atoms with Crippen LogP contribution in [0.25, 0.3) is 28.0 Å². The van der Waals surface area contributed by atoms with Gasteiger partial charge in [-0.2, -0.15) is 9.29 Å². The minimum atomic E-state index is -3.77. The van der Waals surface area contributed by atoms with Gasteiger partial charge in [0.2, 0.25) is 10.0 Å². The molecule has 0 spiro atoms. The van der Waals surface area contributed by atoms with Gasteiger partial charge in [-0.1, -0.05) is 24.3 Å². The van der Waals surface area contributed by atoms with Crippen LogP contribution in [0, 0.1) is 0 Å². The van der Waals surface area contributed by atoms with E-state index < -0.39 is 15.7 Å². The molecular weight excluding hydrogens is 538 g/mol. The molecule has 1 saturated heterocycles. The smallest absolute Gasteiger partial charge is 0.353 e. The van der Waals surface area contributed by atoms with Crippen molar-refractivity contribution >= 4 is 21.1 Å². The van der Waals surface area contributed by atoms with Gasteiger partial charge in [-0.05, 0) is 79.5 Å². The van der Waals surface area contributed by atoms with Crippen molar-refractivity contribution in [3.63, 3.8) is 0 Å². The van der Waals surface area contributed by atoms with Gasteiger partial charge in [-0.15, -0.1) is 0 Å². The molecule has 41 heavy (non-hydrogen) atoms. The van der Waals surface area contributed by atoms with Crippen LogP contribution in [-0.2, 0) is 23.1 Å². The summed E-state index contributed by atoms with van der Waals surface area (Å²) in [4.78, 5) is 20.5. The van der Waals surface area contributed by atoms with E-state index in [9.17, 15) is 13.2 Å². The molecule has 0 radical (unpaired) electrons. The number of aromatic amines is 1. The number of rotatable bonds is 9. The predicted octanol–water partition coefficient (Wildman–Crippen LogP) is 3.08. The van der Waals surface area contributed by atoms with Crippen molar-refractivity contribution in [2.75, 3.05) is 19.6 Å². The van der Waals surface area contributed by atoms with Crippen LogP contribution in [0.5, 0.6) is 0 Å². The average Bonchev–Trinajstić information content (AvgIpc) is 3.67. The molecule has 0 bridgehead atoms. The predicted molar refractivity (Wildman–Crippen MR) is 159 cm³/mol. The van der Waals surface area contributed by atoms with Crippen molar-refractivity contribution in [2.24, 2.45) is 5.73 Å². The van der Waals surface area contributed by atoms with Crippen LogP contribution < -0.4 is 16.7 Å². The Morgan fingerprint density at radius 3 is 2.49 bits per heavy atom. The first kappa shape index (κ1) is 27.2. The summed E-state index contributed by atoms with van der Waals surface area (Å²) < 4.78 is 33.3. The van der Waals surface area contributed by atoms with Gasteiger partial charge in [0, 0.05) is 55.3 Å². The van der Waals surface area contributed by atoms with E-state index in [1.807, 2.05) is 65.5 Å². The Morgan fingerprint density at radius 2 is 1.76 bits per heavy atom. The summed E-state index contributed by atoms with van der Waals surface area (Å²) >= 11 is 0. The summed E-state index contributed by atoms with van der Waals surface area (Å²) in [5.74, 6) is 0. The molecule has 3 aromatic heterocycles. The molecule has 6 rings (SSSR count). The maximum absolute atomic E-state index is 14.1. The number of hydrogen-bond acceptors (Lipinski definition) is 6. The zero-order valence-corrected chi connectivity index (χ0v) is 23.4. The van der Waals surface area contributed by atoms with Gasteiger partial charge < -0.3 is 20.6 Å². The second kappa shape index (κ2) is 11.5. The maximum atomic E-state index is 14.1. The molecule has 4 N–H and O–H groups in total. The molecule has 2 aromatic carbocycles. The summed E-state index contributed by atoms with van der Waals surface area (Å²) in [5.41, 5.74) is 8.77. The molecule has 0 unspecified atom stereocenters. The number of nitrogens with one attached hydrogen (secondary N) is 2. The monoisotopic (exact) mass is 571 g/mol. The highest BCUT2D eigenvalue weighted by molar-refractivity contribution is 7.89. The SMILES string of the molecule is NCc1ccc(-n2cc3cc(-c4cccc(S(=O)(=O)N(CCn5cccc5)C5CCNCC5)c4)[nH]c3nc2=O)cc1. The fraction of sp³-hybridized carbons (Fsp3) is 0.267. The molecule has 5 aromatic rings. The lowest BCUT2D eigenvalue weighted by Crippen LogP contribution is -2.47. The summed E-state index contributed by atoms with van der Waals surface area (Å²) in [6.07, 6.45) is 7.17. The number of hydrogen-bond donors (Lipinski definition) is 3. The van der Waals surface area contributed by atoms with E-state index in [1.54, 1.807) is 28.7 Å². The van der Waals surface area contributed by atoms with E-state index in [0.717, 1.165) is 36.9 Å². The molecule has 0 aliphatic carbocycles. The zero-order chi connectivity index (χ0) is 28.4. The van der Waals surface area contributed by atoms with Crippen molar-refractivity contribution in [3.8, 4) is 16.9 Å². The topological polar surface area (TPSA) is 131 Å². The largest absolute Gasteiger partial charge is 0.354 e. The average molecular weight is 572 g/mol. The molecule has 0 atom stereocenters. The van der Waals surface area contributed by atoms with Crippen LogP contribution in [0.2, 0.25) is 0 Å². The number of fused-ring (bicyclic) bond motifs is 1. The molecule has 11 heteroatoms. The normalized spacial score (nSPS) is 14.7. The van der Waals surface area contributed by atoms with Gasteiger partial charge in [-0.25, -0.2) is 13.2 Å². The van der Waals surface area contributed by atoms with Crippen LogP contribution >= 0.6 is 0 Å². The molecule has 212 valence electrons. The van der Waals surface area contributed by atoms with E-state index >= 15 is 0 Å². The molecule has 1 fully saturated rings. The second-order valence-electron chi connectivity index (χ2n) is 10.3. The van der Waals surface area contributed by atoms with E-state index in [-0.39, 0.29) is 10.9 Å². The minimum Gasteiger partial charge on any atom is -0.353 e. The Morgan fingerprint density at radius 1 is 1.00 bits per heavy atom. The summed E-state index contributed by atoms with van der Waals surface area (Å²) in [5, 5.41) is 4.07. The number of benzene rings is 2. The number of sulfonamides is 1. The molecular formula is C30H33N7O3S. The zero-order valence-electron chi connectivity index (χ0n) is 22.6. The quantitative estimate of drug-likeness (QED) is 0.249. The lowest BCUT2D eigenvalue weighted by atomic mass is 10.1. The van der Waals surface area contributed by atoms with Gasteiger partial charge in [-0.3, -0.25) is 4.57 Å². The summed E-state index contributed by atoms with van der Waals surface area (Å²) in [6.45, 7) is 2.98. The molecule has 1 aliphatic rings. The standard InChI is InChI=1S/C30H33N7O3S/c31-20-22-6-8-25(9-7-22)36-21-24-19-28(33-29(24)34-30(36)38)23-4-3-5-27(18-23)41(39,40)37(26-10-12-32-13-11-26)17-16-35-14-1-2-15-35/h1-9,14-15,18-19,21,26,32H,10-13,16-17,20,31H2,(H,33,34,38). The Hall–Kier alpha value is -4.03. The van der Waals surface area contributed by atoms with Crippen LogP contribution in [0.3, 0.4) is 0 Å². The van der Waals surface area contributed by atoms with Gasteiger partial charge in [0.1, 0.15) is 5.65 Å². The highest BCUT2D eigenvalue weighted by atomic mass is 32.2. The van der Waals surface area contributed by atoms with E-state index in [2.05, 4.69) is 15.3 Å². The first-order valence-electron chi connectivity index (χ1n) is 13.8. The van der Waals surface area contributed by atoms with Crippen molar-refractivity contribution in [3.05, 3.63) is 101 Å². The Bertz CT molecular complexity index is 1800. The van der Waals surface area contributed by atoms with Crippen LogP contribution in [0.1, 0.15) is 18.4 Å². The molecule has 0 amide bonds. The van der Waals surface area contributed by atoms with E-state index in [4.69, 9.17) is 5.73 Å². The Labute approximate surface area is 238 Å². The first-order chi connectivity index (χ1) is 19.9. The summed E-state index contributed by atoms with van der Waals surface area (Å²) in [7, 11) is -3.77. The third kappa shape index (κ3) is 5.62. The number of nitrogens with zero attached hydrogens (tertiary/aromatic N) is 4. The van der Waals surface area contributed by atoms with Crippen LogP contribution in [0.4, 0.5) is 0 Å². The van der Waals surface area contributed by atoms with Crippen molar-refractivity contribution < 1.29 is 8.42 Å². The fourth-order valence-electron chi connectivity index (χ4n) is 5.41. The highest BCUT2D eigenvalue weighted by Gasteiger charge is 2.32. The Kier molecular flexibility index (Phi) is 7.59. The third-order valence-electron chi connectivity index (χ3n) is 7.67. The van der Waals surface area contributed by atoms with Crippen LogP contribution in [-0.4, -0.2) is 57.5 Å². The van der Waals surface area contributed by atoms with Gasteiger partial charge in [0.15, 0.2) is 0 Å². The Balaban J connectivity index is 1.32.